The summed E-state index contributed by atoms with van der Waals surface area (Å²) in [5.41, 5.74) is 3.63. The maximum absolute atomic E-state index is 15.0. The third kappa shape index (κ3) is 1.88. The first-order valence-corrected chi connectivity index (χ1v) is 6.90. The van der Waals surface area contributed by atoms with Crippen LogP contribution in [0.25, 0.3) is 5.57 Å². The van der Waals surface area contributed by atoms with Crippen LogP contribution in [0.15, 0.2) is 54.1 Å². The number of hydrogen-bond donors (Lipinski definition) is 0. The lowest BCUT2D eigenvalue weighted by Crippen LogP contribution is -2.23. The van der Waals surface area contributed by atoms with Gasteiger partial charge in [-0.25, -0.2) is 4.39 Å². The van der Waals surface area contributed by atoms with Crippen molar-refractivity contribution in [2.75, 3.05) is 0 Å². The smallest absolute Gasteiger partial charge is 0.144 e. The Morgan fingerprint density at radius 1 is 1.21 bits per heavy atom. The van der Waals surface area contributed by atoms with E-state index in [0.29, 0.717) is 0 Å². The zero-order valence-corrected chi connectivity index (χ0v) is 12.1. The monoisotopic (exact) mass is 256 g/mol. The Labute approximate surface area is 115 Å². The summed E-state index contributed by atoms with van der Waals surface area (Å²) in [4.78, 5) is 0. The molecule has 0 nitrogen and oxygen atoms in total. The molecule has 2 aliphatic carbocycles. The van der Waals surface area contributed by atoms with Gasteiger partial charge in [0.15, 0.2) is 0 Å². The minimum absolute atomic E-state index is 0.169. The lowest BCUT2D eigenvalue weighted by atomic mass is 9.83. The highest BCUT2D eigenvalue weighted by molar-refractivity contribution is 5.84. The molecule has 19 heavy (non-hydrogen) atoms. The molecule has 0 aliphatic heterocycles. The number of halogens is 1. The molecule has 0 bridgehead atoms. The third-order valence-corrected chi connectivity index (χ3v) is 3.86. The predicted octanol–water partition coefficient (Wildman–Crippen LogP) is 5.43. The fourth-order valence-corrected chi connectivity index (χ4v) is 3.07. The molecule has 2 atom stereocenters. The summed E-state index contributed by atoms with van der Waals surface area (Å²) in [6.07, 6.45) is 4.05. The quantitative estimate of drug-likeness (QED) is 0.628. The van der Waals surface area contributed by atoms with E-state index < -0.39 is 5.67 Å². The summed E-state index contributed by atoms with van der Waals surface area (Å²) in [5, 5.41) is 0. The highest BCUT2D eigenvalue weighted by atomic mass is 19.1. The van der Waals surface area contributed by atoms with Crippen LogP contribution in [0.4, 0.5) is 4.39 Å². The molecule has 0 amide bonds. The fourth-order valence-electron chi connectivity index (χ4n) is 3.07. The number of benzene rings is 1. The Morgan fingerprint density at radius 3 is 2.47 bits per heavy atom. The van der Waals surface area contributed by atoms with Crippen molar-refractivity contribution in [3.8, 4) is 0 Å². The van der Waals surface area contributed by atoms with Gasteiger partial charge in [-0.15, -0.1) is 0 Å². The third-order valence-electron chi connectivity index (χ3n) is 3.86. The number of alkyl halides is 1. The van der Waals surface area contributed by atoms with E-state index in [1.807, 2.05) is 57.2 Å². The summed E-state index contributed by atoms with van der Waals surface area (Å²) < 4.78 is 15.0. The van der Waals surface area contributed by atoms with Crippen molar-refractivity contribution in [3.05, 3.63) is 65.3 Å². The zero-order valence-electron chi connectivity index (χ0n) is 12.1. The summed E-state index contributed by atoms with van der Waals surface area (Å²) in [6.45, 7) is 11.6. The van der Waals surface area contributed by atoms with E-state index in [2.05, 4.69) is 6.58 Å². The van der Waals surface area contributed by atoms with Gasteiger partial charge in [-0.05, 0) is 36.1 Å². The first-order valence-electron chi connectivity index (χ1n) is 6.90. The van der Waals surface area contributed by atoms with E-state index in [9.17, 15) is 0 Å². The molecule has 100 valence electrons. The fraction of sp³-hybridized carbons (Fsp3) is 0.333. The van der Waals surface area contributed by atoms with Crippen LogP contribution in [-0.4, -0.2) is 0 Å². The van der Waals surface area contributed by atoms with Crippen molar-refractivity contribution in [1.82, 2.24) is 0 Å². The standard InChI is InChI=1S/C16H15F.C2H6/c1-10(2)11-8-9-13-12-6-4-5-7-14(12)16(3,17)15(11)13;1-2/h4-9,15H,1H2,2-3H3;1-2H3. The van der Waals surface area contributed by atoms with Gasteiger partial charge in [0, 0.05) is 5.92 Å². The van der Waals surface area contributed by atoms with Crippen molar-refractivity contribution in [1.29, 1.82) is 0 Å². The van der Waals surface area contributed by atoms with E-state index >= 15 is 4.39 Å². The molecule has 0 spiro atoms. The highest BCUT2D eigenvalue weighted by Crippen LogP contribution is 2.57. The van der Waals surface area contributed by atoms with Crippen LogP contribution in [0.2, 0.25) is 0 Å². The summed E-state index contributed by atoms with van der Waals surface area (Å²) in [7, 11) is 0. The lowest BCUT2D eigenvalue weighted by Gasteiger charge is -2.25. The normalized spacial score (nSPS) is 26.7. The molecule has 0 aromatic heterocycles. The van der Waals surface area contributed by atoms with Crippen LogP contribution >= 0.6 is 0 Å². The molecule has 0 fully saturated rings. The van der Waals surface area contributed by atoms with Crippen LogP contribution in [0.5, 0.6) is 0 Å². The van der Waals surface area contributed by atoms with Crippen molar-refractivity contribution in [2.24, 2.45) is 5.92 Å². The Hall–Kier alpha value is -1.63. The Bertz CT molecular complexity index is 573. The maximum Gasteiger partial charge on any atom is 0.144 e. The molecule has 3 rings (SSSR count). The van der Waals surface area contributed by atoms with E-state index in [1.165, 1.54) is 0 Å². The maximum atomic E-state index is 15.0. The average molecular weight is 256 g/mol. The van der Waals surface area contributed by atoms with Gasteiger partial charge in [-0.3, -0.25) is 0 Å². The van der Waals surface area contributed by atoms with Gasteiger partial charge in [0.05, 0.1) is 0 Å². The second-order valence-corrected chi connectivity index (χ2v) is 5.08. The molecule has 1 heteroatoms. The zero-order chi connectivity index (χ0) is 14.2. The van der Waals surface area contributed by atoms with Gasteiger partial charge >= 0.3 is 0 Å². The van der Waals surface area contributed by atoms with Gasteiger partial charge in [0.1, 0.15) is 5.67 Å². The van der Waals surface area contributed by atoms with Gasteiger partial charge in [-0.1, -0.05) is 62.4 Å². The van der Waals surface area contributed by atoms with Crippen molar-refractivity contribution >= 4 is 5.57 Å². The van der Waals surface area contributed by atoms with Crippen molar-refractivity contribution < 1.29 is 4.39 Å². The van der Waals surface area contributed by atoms with Gasteiger partial charge in [-0.2, -0.15) is 0 Å². The highest BCUT2D eigenvalue weighted by Gasteiger charge is 2.49. The molecule has 0 heterocycles. The largest absolute Gasteiger partial charge is 0.238 e. The average Bonchev–Trinajstić information content (AvgIpc) is 2.93. The van der Waals surface area contributed by atoms with E-state index in [-0.39, 0.29) is 5.92 Å². The molecule has 0 saturated heterocycles. The summed E-state index contributed by atoms with van der Waals surface area (Å²) in [5.74, 6) is -0.169. The molecule has 1 aromatic carbocycles. The van der Waals surface area contributed by atoms with Crippen LogP contribution in [0.1, 0.15) is 38.8 Å². The Kier molecular flexibility index (Phi) is 3.49. The Balaban J connectivity index is 0.000000637. The van der Waals surface area contributed by atoms with Crippen LogP contribution in [0, 0.1) is 5.92 Å². The Morgan fingerprint density at radius 2 is 1.84 bits per heavy atom. The minimum atomic E-state index is -1.32. The number of rotatable bonds is 1. The number of hydrogen-bond acceptors (Lipinski definition) is 0. The molecule has 2 unspecified atom stereocenters. The molecule has 0 radical (unpaired) electrons. The van der Waals surface area contributed by atoms with E-state index in [0.717, 1.165) is 27.8 Å². The first kappa shape index (κ1) is 13.8. The van der Waals surface area contributed by atoms with E-state index in [1.54, 1.807) is 6.92 Å². The SMILES string of the molecule is C=C(C)C1=CC=C2c3ccccc3C(C)(F)C12.CC. The molecule has 1 aromatic rings. The first-order chi connectivity index (χ1) is 9.03. The molecule has 0 N–H and O–H groups in total. The van der Waals surface area contributed by atoms with Crippen LogP contribution < -0.4 is 0 Å². The molecular formula is C18H21F. The molecule has 2 aliphatic rings. The molecular weight excluding hydrogens is 235 g/mol. The van der Waals surface area contributed by atoms with Gasteiger partial charge < -0.3 is 0 Å². The second-order valence-electron chi connectivity index (χ2n) is 5.08. The minimum Gasteiger partial charge on any atom is -0.238 e. The van der Waals surface area contributed by atoms with Gasteiger partial charge in [0.2, 0.25) is 0 Å². The predicted molar refractivity (Wildman–Crippen MR) is 80.6 cm³/mol. The van der Waals surface area contributed by atoms with Gasteiger partial charge in [0.25, 0.3) is 0 Å². The summed E-state index contributed by atoms with van der Waals surface area (Å²) in [6, 6.07) is 7.78. The second kappa shape index (κ2) is 4.80. The number of fused-ring (bicyclic) bond motifs is 3. The topological polar surface area (TPSA) is 0 Å². The van der Waals surface area contributed by atoms with Crippen LogP contribution in [-0.2, 0) is 5.67 Å². The summed E-state index contributed by atoms with van der Waals surface area (Å²) >= 11 is 0. The van der Waals surface area contributed by atoms with E-state index in [4.69, 9.17) is 0 Å². The van der Waals surface area contributed by atoms with Crippen molar-refractivity contribution in [3.63, 3.8) is 0 Å². The van der Waals surface area contributed by atoms with Crippen LogP contribution in [0.3, 0.4) is 0 Å². The number of allylic oxidation sites excluding steroid dienone is 5. The molecule has 0 saturated carbocycles. The lowest BCUT2D eigenvalue weighted by molar-refractivity contribution is 0.166. The van der Waals surface area contributed by atoms with Crippen molar-refractivity contribution in [2.45, 2.75) is 33.4 Å².